The molecular weight excluding hydrogens is 454 g/mol. The van der Waals surface area contributed by atoms with E-state index < -0.39 is 29.9 Å². The minimum atomic E-state index is -0.818. The number of benzene rings is 2. The van der Waals surface area contributed by atoms with E-state index in [1.165, 1.54) is 25.6 Å². The Morgan fingerprint density at radius 2 is 1.65 bits per heavy atom. The first-order valence-corrected chi connectivity index (χ1v) is 11.7. The number of aryl methyl sites for hydroxylation is 1. The van der Waals surface area contributed by atoms with E-state index in [1.807, 2.05) is 54.6 Å². The lowest BCUT2D eigenvalue weighted by molar-refractivity contribution is -0.142. The molecule has 3 aromatic rings. The molecular formula is C26H25NO6S. The van der Waals surface area contributed by atoms with Crippen molar-refractivity contribution in [3.05, 3.63) is 70.6 Å². The van der Waals surface area contributed by atoms with Crippen molar-refractivity contribution >= 4 is 34.2 Å². The summed E-state index contributed by atoms with van der Waals surface area (Å²) in [6.07, 6.45) is 0.366. The van der Waals surface area contributed by atoms with Gasteiger partial charge in [-0.15, -0.1) is 11.3 Å². The van der Waals surface area contributed by atoms with Crippen LogP contribution in [0.4, 0.5) is 5.00 Å². The zero-order valence-corrected chi connectivity index (χ0v) is 19.9. The monoisotopic (exact) mass is 479 g/mol. The van der Waals surface area contributed by atoms with Gasteiger partial charge < -0.3 is 19.5 Å². The van der Waals surface area contributed by atoms with Crippen LogP contribution in [-0.2, 0) is 25.5 Å². The van der Waals surface area contributed by atoms with E-state index >= 15 is 0 Å². The lowest BCUT2D eigenvalue weighted by Crippen LogP contribution is -2.30. The average molecular weight is 480 g/mol. The molecule has 0 radical (unpaired) electrons. The Balaban J connectivity index is 1.49. The zero-order chi connectivity index (χ0) is 24.2. The van der Waals surface area contributed by atoms with Gasteiger partial charge in [-0.05, 0) is 48.6 Å². The van der Waals surface area contributed by atoms with Crippen molar-refractivity contribution in [2.45, 2.75) is 31.8 Å². The van der Waals surface area contributed by atoms with Gasteiger partial charge >= 0.3 is 11.9 Å². The highest BCUT2D eigenvalue weighted by Crippen LogP contribution is 2.46. The minimum Gasteiger partial charge on any atom is -0.481 e. The molecule has 1 heterocycles. The van der Waals surface area contributed by atoms with Crippen LogP contribution in [0.25, 0.3) is 11.1 Å². The second kappa shape index (κ2) is 10.1. The van der Waals surface area contributed by atoms with Crippen LogP contribution < -0.4 is 10.1 Å². The van der Waals surface area contributed by atoms with Gasteiger partial charge in [0.05, 0.1) is 25.7 Å². The zero-order valence-electron chi connectivity index (χ0n) is 19.1. The molecule has 8 heteroatoms. The SMILES string of the molecule is COC(=O)c1c(NC(=O)[C@H](C)Oc2ccc(-c3ccccc3)cc2)sc2c1[C@H](C(=O)OC)CC2. The Morgan fingerprint density at radius 1 is 0.971 bits per heavy atom. The summed E-state index contributed by atoms with van der Waals surface area (Å²) in [5.74, 6) is -1.42. The minimum absolute atomic E-state index is 0.211. The van der Waals surface area contributed by atoms with Gasteiger partial charge in [0.2, 0.25) is 0 Å². The highest BCUT2D eigenvalue weighted by atomic mass is 32.1. The molecule has 1 aliphatic carbocycles. The van der Waals surface area contributed by atoms with Crippen LogP contribution in [0.5, 0.6) is 5.75 Å². The largest absolute Gasteiger partial charge is 0.481 e. The van der Waals surface area contributed by atoms with Crippen molar-refractivity contribution in [2.24, 2.45) is 0 Å². The van der Waals surface area contributed by atoms with Crippen LogP contribution in [0.2, 0.25) is 0 Å². The number of carbonyl (C=O) groups is 3. The van der Waals surface area contributed by atoms with E-state index in [0.29, 0.717) is 29.2 Å². The average Bonchev–Trinajstić information content (AvgIpc) is 3.42. The molecule has 4 rings (SSSR count). The molecule has 0 aliphatic heterocycles. The summed E-state index contributed by atoms with van der Waals surface area (Å²) in [4.78, 5) is 38.5. The molecule has 2 aromatic carbocycles. The molecule has 0 saturated carbocycles. The highest BCUT2D eigenvalue weighted by molar-refractivity contribution is 7.17. The maximum absolute atomic E-state index is 12.9. The van der Waals surface area contributed by atoms with E-state index in [1.54, 1.807) is 6.92 Å². The van der Waals surface area contributed by atoms with E-state index in [0.717, 1.165) is 16.0 Å². The van der Waals surface area contributed by atoms with Gasteiger partial charge in [0.25, 0.3) is 5.91 Å². The fourth-order valence-electron chi connectivity index (χ4n) is 4.06. The first kappa shape index (κ1) is 23.5. The summed E-state index contributed by atoms with van der Waals surface area (Å²) in [6.45, 7) is 1.64. The molecule has 0 saturated heterocycles. The van der Waals surface area contributed by atoms with Gasteiger partial charge in [0.15, 0.2) is 6.10 Å². The maximum Gasteiger partial charge on any atom is 0.341 e. The van der Waals surface area contributed by atoms with Gasteiger partial charge in [0, 0.05) is 4.88 Å². The number of fused-ring (bicyclic) bond motifs is 1. The lowest BCUT2D eigenvalue weighted by Gasteiger charge is -2.16. The number of anilines is 1. The van der Waals surface area contributed by atoms with Crippen molar-refractivity contribution in [2.75, 3.05) is 19.5 Å². The van der Waals surface area contributed by atoms with Crippen molar-refractivity contribution in [3.63, 3.8) is 0 Å². The molecule has 1 aromatic heterocycles. The fourth-order valence-corrected chi connectivity index (χ4v) is 5.33. The highest BCUT2D eigenvalue weighted by Gasteiger charge is 2.38. The molecule has 1 N–H and O–H groups in total. The summed E-state index contributed by atoms with van der Waals surface area (Å²) in [7, 11) is 2.59. The van der Waals surface area contributed by atoms with E-state index in [2.05, 4.69) is 5.32 Å². The van der Waals surface area contributed by atoms with Crippen LogP contribution in [-0.4, -0.2) is 38.2 Å². The quantitative estimate of drug-likeness (QED) is 0.489. The topological polar surface area (TPSA) is 90.9 Å². The van der Waals surface area contributed by atoms with Crippen LogP contribution in [0, 0.1) is 0 Å². The Bertz CT molecular complexity index is 1200. The second-order valence-corrected chi connectivity index (χ2v) is 8.99. The molecule has 2 atom stereocenters. The van der Waals surface area contributed by atoms with Crippen LogP contribution in [0.1, 0.15) is 40.1 Å². The van der Waals surface area contributed by atoms with Crippen LogP contribution in [0.3, 0.4) is 0 Å². The summed E-state index contributed by atoms with van der Waals surface area (Å²) in [6, 6.07) is 17.4. The number of amides is 1. The van der Waals surface area contributed by atoms with Crippen molar-refractivity contribution in [1.82, 2.24) is 0 Å². The summed E-state index contributed by atoms with van der Waals surface area (Å²) < 4.78 is 15.7. The molecule has 1 aliphatic rings. The predicted molar refractivity (Wildman–Crippen MR) is 129 cm³/mol. The molecule has 0 fully saturated rings. The molecule has 0 unspecified atom stereocenters. The summed E-state index contributed by atoms with van der Waals surface area (Å²) in [5, 5.41) is 3.14. The number of nitrogens with one attached hydrogen (secondary N) is 1. The predicted octanol–water partition coefficient (Wildman–Crippen LogP) is 4.81. The first-order valence-electron chi connectivity index (χ1n) is 10.9. The normalized spacial score (nSPS) is 15.2. The van der Waals surface area contributed by atoms with E-state index in [9.17, 15) is 14.4 Å². The second-order valence-electron chi connectivity index (χ2n) is 7.89. The number of hydrogen-bond donors (Lipinski definition) is 1. The Hall–Kier alpha value is -3.65. The van der Waals surface area contributed by atoms with Crippen molar-refractivity contribution < 1.29 is 28.6 Å². The van der Waals surface area contributed by atoms with Gasteiger partial charge in [0.1, 0.15) is 10.8 Å². The van der Waals surface area contributed by atoms with Gasteiger partial charge in [-0.2, -0.15) is 0 Å². The lowest BCUT2D eigenvalue weighted by atomic mass is 9.99. The third-order valence-electron chi connectivity index (χ3n) is 5.79. The number of methoxy groups -OCH3 is 2. The first-order chi connectivity index (χ1) is 16.4. The summed E-state index contributed by atoms with van der Waals surface area (Å²) >= 11 is 1.28. The van der Waals surface area contributed by atoms with Crippen LogP contribution >= 0.6 is 11.3 Å². The molecule has 176 valence electrons. The Morgan fingerprint density at radius 3 is 2.29 bits per heavy atom. The summed E-state index contributed by atoms with van der Waals surface area (Å²) in [5.41, 5.74) is 2.93. The third-order valence-corrected chi connectivity index (χ3v) is 6.97. The van der Waals surface area contributed by atoms with E-state index in [-0.39, 0.29) is 5.56 Å². The molecule has 0 spiro atoms. The van der Waals surface area contributed by atoms with Crippen LogP contribution in [0.15, 0.2) is 54.6 Å². The molecule has 7 nitrogen and oxygen atoms in total. The fraction of sp³-hybridized carbons (Fsp3) is 0.269. The molecule has 34 heavy (non-hydrogen) atoms. The maximum atomic E-state index is 12.9. The third kappa shape index (κ3) is 4.68. The van der Waals surface area contributed by atoms with Gasteiger partial charge in [-0.1, -0.05) is 42.5 Å². The Labute approximate surface area is 201 Å². The molecule has 1 amide bonds. The number of esters is 2. The van der Waals surface area contributed by atoms with Gasteiger partial charge in [-0.25, -0.2) is 4.79 Å². The van der Waals surface area contributed by atoms with Gasteiger partial charge in [-0.3, -0.25) is 9.59 Å². The van der Waals surface area contributed by atoms with Crippen molar-refractivity contribution in [3.8, 4) is 16.9 Å². The number of carbonyl (C=O) groups excluding carboxylic acids is 3. The number of rotatable bonds is 7. The standard InChI is InChI=1S/C26H25NO6S/c1-15(33-18-11-9-17(10-12-18)16-7-5-4-6-8-16)23(28)27-24-22(26(30)32-3)21-19(25(29)31-2)13-14-20(21)34-24/h4-12,15,19H,13-14H2,1-3H3,(H,27,28)/t15-,19+/m0/s1. The number of thiophene rings is 1. The number of ether oxygens (including phenoxy) is 3. The van der Waals surface area contributed by atoms with E-state index in [4.69, 9.17) is 14.2 Å². The van der Waals surface area contributed by atoms with Crippen molar-refractivity contribution in [1.29, 1.82) is 0 Å². The smallest absolute Gasteiger partial charge is 0.341 e. The molecule has 0 bridgehead atoms. The Kier molecular flexibility index (Phi) is 6.98. The number of hydrogen-bond acceptors (Lipinski definition) is 7.